The smallest absolute Gasteiger partial charge is 0.225 e. The quantitative estimate of drug-likeness (QED) is 0.135. The molecular formula is C19H21FIN9OS. The lowest BCUT2D eigenvalue weighted by Gasteiger charge is -2.30. The van der Waals surface area contributed by atoms with Gasteiger partial charge >= 0.3 is 0 Å². The minimum Gasteiger partial charge on any atom is -0.486 e. The number of hydrogen-bond acceptors (Lipinski definition) is 10. The van der Waals surface area contributed by atoms with E-state index in [9.17, 15) is 4.39 Å². The van der Waals surface area contributed by atoms with Crippen molar-refractivity contribution in [3.63, 3.8) is 0 Å². The molecule has 0 saturated carbocycles. The first kappa shape index (κ1) is 23.8. The fourth-order valence-electron chi connectivity index (χ4n) is 3.27. The molecule has 1 saturated heterocycles. The molecule has 13 heteroatoms. The fraction of sp³-hybridized carbons (Fsp3) is 0.316. The molecule has 3 aromatic heterocycles. The number of hydrogen-bond donors (Lipinski definition) is 2. The van der Waals surface area contributed by atoms with Gasteiger partial charge in [-0.1, -0.05) is 5.22 Å². The molecule has 0 atom stereocenters. The first-order chi connectivity index (χ1) is 15.2. The number of anilines is 2. The molecule has 3 aromatic rings. The van der Waals surface area contributed by atoms with E-state index in [1.165, 1.54) is 18.6 Å². The Morgan fingerprint density at radius 3 is 2.59 bits per heavy atom. The normalized spacial score (nSPS) is 13.8. The van der Waals surface area contributed by atoms with E-state index in [1.54, 1.807) is 23.5 Å². The summed E-state index contributed by atoms with van der Waals surface area (Å²) in [6.07, 6.45) is 6.69. The number of aromatic nitrogens is 4. The monoisotopic (exact) mass is 569 g/mol. The maximum Gasteiger partial charge on any atom is 0.225 e. The van der Waals surface area contributed by atoms with Crippen LogP contribution in [0.2, 0.25) is 0 Å². The minimum atomic E-state index is -0.431. The number of halogens is 2. The highest BCUT2D eigenvalue weighted by Crippen LogP contribution is 2.31. The van der Waals surface area contributed by atoms with Gasteiger partial charge in [0.05, 0.1) is 29.3 Å². The Kier molecular flexibility index (Phi) is 8.33. The third kappa shape index (κ3) is 5.70. The van der Waals surface area contributed by atoms with E-state index in [-0.39, 0.29) is 24.0 Å². The Balaban J connectivity index is 0.00000289. The second kappa shape index (κ2) is 11.2. The summed E-state index contributed by atoms with van der Waals surface area (Å²) >= 11 is 1.63. The van der Waals surface area contributed by atoms with Crippen molar-refractivity contribution in [3.05, 3.63) is 52.6 Å². The van der Waals surface area contributed by atoms with Crippen LogP contribution in [-0.4, -0.2) is 39.4 Å². The van der Waals surface area contributed by atoms with Crippen molar-refractivity contribution in [1.82, 2.24) is 19.9 Å². The van der Waals surface area contributed by atoms with Crippen LogP contribution in [0.3, 0.4) is 0 Å². The molecule has 0 spiro atoms. The Labute approximate surface area is 204 Å². The van der Waals surface area contributed by atoms with Crippen LogP contribution in [-0.2, 0) is 6.61 Å². The molecule has 1 fully saturated rings. The number of nitrogens with zero attached hydrogens (tertiary/aromatic N) is 7. The Morgan fingerprint density at radius 2 is 1.97 bits per heavy atom. The average Bonchev–Trinajstić information content (AvgIpc) is 3.29. The minimum absolute atomic E-state index is 0. The van der Waals surface area contributed by atoms with Gasteiger partial charge in [-0.05, 0) is 25.0 Å². The van der Waals surface area contributed by atoms with Gasteiger partial charge < -0.3 is 9.64 Å². The Morgan fingerprint density at radius 1 is 1.22 bits per heavy atom. The highest BCUT2D eigenvalue weighted by atomic mass is 127. The standard InChI is InChI=1S/C19H20FN9OS.HI/c20-14-7-24-19(25-8-14)28-5-3-13(4-6-28)18-26-15(11-31-18)10-30-16-1-2-17(23-9-16)29(12-21)27-22;/h1-2,7-9,11-13,21-22H,3-6,10H2;1H. The van der Waals surface area contributed by atoms with Crippen molar-refractivity contribution in [2.24, 2.45) is 5.22 Å². The van der Waals surface area contributed by atoms with Crippen molar-refractivity contribution in [2.75, 3.05) is 23.0 Å². The summed E-state index contributed by atoms with van der Waals surface area (Å²) in [7, 11) is 0. The lowest BCUT2D eigenvalue weighted by atomic mass is 9.98. The lowest BCUT2D eigenvalue weighted by molar-refractivity contribution is 0.300. The first-order valence-electron chi connectivity index (χ1n) is 9.59. The maximum atomic E-state index is 13.0. The second-order valence-corrected chi connectivity index (χ2v) is 7.74. The third-order valence-electron chi connectivity index (χ3n) is 4.88. The van der Waals surface area contributed by atoms with E-state index in [0.717, 1.165) is 48.0 Å². The number of rotatable bonds is 8. The third-order valence-corrected chi connectivity index (χ3v) is 5.93. The van der Waals surface area contributed by atoms with Crippen LogP contribution in [0.15, 0.2) is 41.3 Å². The predicted molar refractivity (Wildman–Crippen MR) is 129 cm³/mol. The predicted octanol–water partition coefficient (Wildman–Crippen LogP) is 4.41. The molecule has 0 bridgehead atoms. The van der Waals surface area contributed by atoms with Gasteiger partial charge in [0.1, 0.15) is 18.7 Å². The summed E-state index contributed by atoms with van der Waals surface area (Å²) < 4.78 is 18.8. The van der Waals surface area contributed by atoms with E-state index in [4.69, 9.17) is 20.7 Å². The summed E-state index contributed by atoms with van der Waals surface area (Å²) in [6.45, 7) is 1.94. The van der Waals surface area contributed by atoms with E-state index in [2.05, 4.69) is 25.1 Å². The highest BCUT2D eigenvalue weighted by Gasteiger charge is 2.24. The average molecular weight is 569 g/mol. The van der Waals surface area contributed by atoms with E-state index in [0.29, 0.717) is 30.0 Å². The summed E-state index contributed by atoms with van der Waals surface area (Å²) in [4.78, 5) is 19.0. The zero-order chi connectivity index (χ0) is 21.6. The Bertz CT molecular complexity index is 1020. The fourth-order valence-corrected chi connectivity index (χ4v) is 4.24. The van der Waals surface area contributed by atoms with Crippen LogP contribution in [0, 0.1) is 16.8 Å². The molecule has 0 radical (unpaired) electrons. The number of nitrogens with one attached hydrogen (secondary N) is 2. The van der Waals surface area contributed by atoms with Crippen molar-refractivity contribution in [1.29, 1.82) is 10.9 Å². The summed E-state index contributed by atoms with van der Waals surface area (Å²) in [6, 6.07) is 3.34. The van der Waals surface area contributed by atoms with Gasteiger partial charge in [-0.25, -0.2) is 24.3 Å². The number of thiazole rings is 1. The molecule has 0 unspecified atom stereocenters. The first-order valence-corrected chi connectivity index (χ1v) is 10.5. The van der Waals surface area contributed by atoms with Crippen molar-refractivity contribution < 1.29 is 9.13 Å². The lowest BCUT2D eigenvalue weighted by Crippen LogP contribution is -2.34. The maximum absolute atomic E-state index is 13.0. The molecule has 4 rings (SSSR count). The van der Waals surface area contributed by atoms with Crippen molar-refractivity contribution in [2.45, 2.75) is 25.4 Å². The summed E-state index contributed by atoms with van der Waals surface area (Å²) in [5.41, 5.74) is 7.85. The number of pyridine rings is 1. The van der Waals surface area contributed by atoms with E-state index >= 15 is 0 Å². The molecule has 10 nitrogen and oxygen atoms in total. The molecule has 168 valence electrons. The van der Waals surface area contributed by atoms with Crippen LogP contribution >= 0.6 is 35.3 Å². The summed E-state index contributed by atoms with van der Waals surface area (Å²) in [5, 5.41) is 14.5. The van der Waals surface area contributed by atoms with Crippen LogP contribution in [0.25, 0.3) is 0 Å². The zero-order valence-corrected chi connectivity index (χ0v) is 20.0. The second-order valence-electron chi connectivity index (χ2n) is 6.85. The summed E-state index contributed by atoms with van der Waals surface area (Å²) in [5.74, 6) is 1.44. The van der Waals surface area contributed by atoms with Gasteiger partial charge in [0.2, 0.25) is 5.95 Å². The molecule has 32 heavy (non-hydrogen) atoms. The van der Waals surface area contributed by atoms with Gasteiger partial charge in [-0.3, -0.25) is 5.41 Å². The Hall–Kier alpha value is -2.81. The number of piperidine rings is 1. The van der Waals surface area contributed by atoms with Gasteiger partial charge in [-0.2, -0.15) is 10.5 Å². The van der Waals surface area contributed by atoms with Crippen molar-refractivity contribution >= 4 is 53.4 Å². The highest BCUT2D eigenvalue weighted by molar-refractivity contribution is 14.0. The molecule has 0 aliphatic carbocycles. The molecule has 1 aliphatic rings. The van der Waals surface area contributed by atoms with Gasteiger partial charge in [0, 0.05) is 24.4 Å². The van der Waals surface area contributed by atoms with Crippen LogP contribution < -0.4 is 14.6 Å². The molecule has 0 amide bonds. The largest absolute Gasteiger partial charge is 0.486 e. The zero-order valence-electron chi connectivity index (χ0n) is 16.9. The number of ether oxygens (including phenoxy) is 1. The van der Waals surface area contributed by atoms with Crippen LogP contribution in [0.4, 0.5) is 16.2 Å². The molecular weight excluding hydrogens is 548 g/mol. The molecule has 4 heterocycles. The van der Waals surface area contributed by atoms with Crippen molar-refractivity contribution in [3.8, 4) is 5.75 Å². The van der Waals surface area contributed by atoms with Gasteiger partial charge in [-0.15, -0.1) is 35.3 Å². The van der Waals surface area contributed by atoms with E-state index < -0.39 is 5.82 Å². The topological polar surface area (TPSA) is 127 Å². The SMILES string of the molecule is I.N=CN(N=N)c1ccc(OCc2csc(C3CCN(c4ncc(F)cn4)CC3)n2)cn1. The van der Waals surface area contributed by atoms with Gasteiger partial charge in [0.25, 0.3) is 0 Å². The molecule has 1 aliphatic heterocycles. The van der Waals surface area contributed by atoms with Crippen LogP contribution in [0.1, 0.15) is 29.5 Å². The molecule has 2 N–H and O–H groups in total. The van der Waals surface area contributed by atoms with E-state index in [1.807, 2.05) is 5.38 Å². The van der Waals surface area contributed by atoms with Gasteiger partial charge in [0.15, 0.2) is 11.6 Å². The van der Waals surface area contributed by atoms with Crippen LogP contribution in [0.5, 0.6) is 5.75 Å². The molecule has 0 aromatic carbocycles.